The van der Waals surface area contributed by atoms with Gasteiger partial charge in [-0.3, -0.25) is 0 Å². The Bertz CT molecular complexity index is 765. The summed E-state index contributed by atoms with van der Waals surface area (Å²) in [6.07, 6.45) is 0.882. The molecule has 0 bridgehead atoms. The Kier molecular flexibility index (Phi) is 11.0. The molecule has 0 aliphatic rings. The van der Waals surface area contributed by atoms with Crippen molar-refractivity contribution in [3.8, 4) is 0 Å². The van der Waals surface area contributed by atoms with Crippen molar-refractivity contribution < 1.29 is 9.13 Å². The second kappa shape index (κ2) is 12.7. The predicted octanol–water partition coefficient (Wildman–Crippen LogP) is 2.85. The Morgan fingerprint density at radius 1 is 1.25 bits per heavy atom. The summed E-state index contributed by atoms with van der Waals surface area (Å²) in [5.74, 6) is 2.16. The molecule has 1 aromatic heterocycles. The van der Waals surface area contributed by atoms with Crippen molar-refractivity contribution in [3.63, 3.8) is 0 Å². The minimum absolute atomic E-state index is 0. The van der Waals surface area contributed by atoms with Crippen LogP contribution in [-0.2, 0) is 24.9 Å². The van der Waals surface area contributed by atoms with Crippen molar-refractivity contribution in [1.29, 1.82) is 0 Å². The quantitative estimate of drug-likeness (QED) is 0.238. The lowest BCUT2D eigenvalue weighted by Crippen LogP contribution is -2.38. The summed E-state index contributed by atoms with van der Waals surface area (Å²) in [6, 6.07) is 5.05. The highest BCUT2D eigenvalue weighted by Crippen LogP contribution is 2.10. The number of benzene rings is 1. The highest BCUT2D eigenvalue weighted by atomic mass is 127. The zero-order valence-electron chi connectivity index (χ0n) is 17.0. The molecule has 0 aliphatic carbocycles. The number of guanidine groups is 1. The van der Waals surface area contributed by atoms with E-state index in [1.54, 1.807) is 13.0 Å². The van der Waals surface area contributed by atoms with Gasteiger partial charge in [-0.25, -0.2) is 9.38 Å². The number of aryl methyl sites for hydroxylation is 2. The average Bonchev–Trinajstić information content (AvgIpc) is 2.98. The maximum atomic E-state index is 13.4. The molecular weight excluding hydrogens is 474 g/mol. The van der Waals surface area contributed by atoms with E-state index in [0.29, 0.717) is 37.8 Å². The van der Waals surface area contributed by atoms with Crippen LogP contribution in [0.1, 0.15) is 36.1 Å². The second-order valence-electron chi connectivity index (χ2n) is 6.30. The molecule has 9 heteroatoms. The number of hydrogen-bond acceptors (Lipinski definition) is 4. The normalized spacial score (nSPS) is 11.2. The number of aromatic nitrogens is 3. The van der Waals surface area contributed by atoms with Crippen LogP contribution in [0.3, 0.4) is 0 Å². The van der Waals surface area contributed by atoms with Crippen LogP contribution in [0.5, 0.6) is 0 Å². The molecule has 0 radical (unpaired) electrons. The van der Waals surface area contributed by atoms with Crippen molar-refractivity contribution in [2.24, 2.45) is 12.0 Å². The van der Waals surface area contributed by atoms with Crippen LogP contribution in [0, 0.1) is 19.7 Å². The van der Waals surface area contributed by atoms with Crippen molar-refractivity contribution in [2.45, 2.75) is 40.3 Å². The molecule has 28 heavy (non-hydrogen) atoms. The van der Waals surface area contributed by atoms with E-state index in [1.807, 2.05) is 31.5 Å². The largest absolute Gasteiger partial charge is 0.382 e. The molecule has 156 valence electrons. The predicted molar refractivity (Wildman–Crippen MR) is 119 cm³/mol. The molecule has 2 rings (SSSR count). The molecule has 0 saturated carbocycles. The van der Waals surface area contributed by atoms with Gasteiger partial charge in [-0.05, 0) is 44.4 Å². The third-order valence-corrected chi connectivity index (χ3v) is 4.20. The van der Waals surface area contributed by atoms with Gasteiger partial charge in [-0.15, -0.1) is 34.2 Å². The van der Waals surface area contributed by atoms with Crippen LogP contribution in [0.2, 0.25) is 0 Å². The first-order chi connectivity index (χ1) is 13.0. The molecule has 1 aromatic carbocycles. The summed E-state index contributed by atoms with van der Waals surface area (Å²) in [6.45, 7) is 8.78. The molecule has 1 heterocycles. The van der Waals surface area contributed by atoms with E-state index in [2.05, 4.69) is 25.8 Å². The molecule has 0 spiro atoms. The van der Waals surface area contributed by atoms with Gasteiger partial charge in [0.25, 0.3) is 0 Å². The minimum Gasteiger partial charge on any atom is -0.382 e. The molecule has 0 fully saturated rings. The Morgan fingerprint density at radius 2 is 2.04 bits per heavy atom. The fourth-order valence-corrected chi connectivity index (χ4v) is 2.44. The lowest BCUT2D eigenvalue weighted by Gasteiger charge is -2.13. The van der Waals surface area contributed by atoms with E-state index < -0.39 is 0 Å². The van der Waals surface area contributed by atoms with E-state index in [0.717, 1.165) is 30.2 Å². The van der Waals surface area contributed by atoms with Gasteiger partial charge in [-0.1, -0.05) is 12.1 Å². The van der Waals surface area contributed by atoms with Crippen molar-refractivity contribution in [1.82, 2.24) is 25.4 Å². The number of ether oxygens (including phenoxy) is 1. The molecule has 7 nitrogen and oxygen atoms in total. The lowest BCUT2D eigenvalue weighted by atomic mass is 10.1. The summed E-state index contributed by atoms with van der Waals surface area (Å²) in [4.78, 5) is 4.61. The highest BCUT2D eigenvalue weighted by Gasteiger charge is 2.06. The van der Waals surface area contributed by atoms with Crippen molar-refractivity contribution in [3.05, 3.63) is 46.8 Å². The molecule has 0 aliphatic heterocycles. The third kappa shape index (κ3) is 7.70. The summed E-state index contributed by atoms with van der Waals surface area (Å²) in [7, 11) is 1.93. The Morgan fingerprint density at radius 3 is 2.68 bits per heavy atom. The van der Waals surface area contributed by atoms with E-state index in [1.165, 1.54) is 6.07 Å². The number of nitrogens with zero attached hydrogens (tertiary/aromatic N) is 4. The van der Waals surface area contributed by atoms with Crippen LogP contribution < -0.4 is 10.6 Å². The topological polar surface area (TPSA) is 76.4 Å². The van der Waals surface area contributed by atoms with Gasteiger partial charge in [0.1, 0.15) is 11.6 Å². The van der Waals surface area contributed by atoms with Gasteiger partial charge < -0.3 is 19.9 Å². The third-order valence-electron chi connectivity index (χ3n) is 4.20. The van der Waals surface area contributed by atoms with E-state index in [9.17, 15) is 4.39 Å². The van der Waals surface area contributed by atoms with E-state index in [-0.39, 0.29) is 29.8 Å². The minimum atomic E-state index is -0.201. The maximum absolute atomic E-state index is 13.4. The first kappa shape index (κ1) is 24.3. The van der Waals surface area contributed by atoms with Crippen molar-refractivity contribution in [2.75, 3.05) is 19.8 Å². The number of aliphatic imine (C=N–C) groups is 1. The molecule has 2 N–H and O–H groups in total. The van der Waals surface area contributed by atoms with Gasteiger partial charge >= 0.3 is 0 Å². The smallest absolute Gasteiger partial charge is 0.191 e. The standard InChI is InChI=1S/C19H29FN6O.HI/c1-5-27-10-6-9-21-19(23-13-18-25-24-15(3)26(18)4)22-12-16-7-8-17(20)14(2)11-16;/h7-8,11H,5-6,9-10,12-13H2,1-4H3,(H2,21,22,23);1H. The molecule has 0 saturated heterocycles. The zero-order chi connectivity index (χ0) is 19.6. The number of nitrogens with one attached hydrogen (secondary N) is 2. The zero-order valence-corrected chi connectivity index (χ0v) is 19.3. The van der Waals surface area contributed by atoms with Gasteiger partial charge in [0.05, 0.1) is 13.1 Å². The molecule has 0 unspecified atom stereocenters. The van der Waals surface area contributed by atoms with E-state index >= 15 is 0 Å². The maximum Gasteiger partial charge on any atom is 0.191 e. The van der Waals surface area contributed by atoms with Gasteiger partial charge in [-0.2, -0.15) is 0 Å². The molecule has 0 amide bonds. The van der Waals surface area contributed by atoms with Gasteiger partial charge in [0.15, 0.2) is 11.8 Å². The Balaban J connectivity index is 0.00000392. The summed E-state index contributed by atoms with van der Waals surface area (Å²) in [5, 5.41) is 14.8. The Labute approximate surface area is 183 Å². The average molecular weight is 504 g/mol. The van der Waals surface area contributed by atoms with Crippen LogP contribution in [0.4, 0.5) is 4.39 Å². The van der Waals surface area contributed by atoms with E-state index in [4.69, 9.17) is 4.74 Å². The summed E-state index contributed by atoms with van der Waals surface area (Å²) in [5.41, 5.74) is 1.58. The highest BCUT2D eigenvalue weighted by molar-refractivity contribution is 14.0. The van der Waals surface area contributed by atoms with Crippen LogP contribution in [0.15, 0.2) is 23.2 Å². The van der Waals surface area contributed by atoms with Gasteiger partial charge in [0, 0.05) is 26.8 Å². The van der Waals surface area contributed by atoms with Crippen LogP contribution in [-0.4, -0.2) is 40.5 Å². The van der Waals surface area contributed by atoms with Crippen LogP contribution in [0.25, 0.3) is 0 Å². The summed E-state index contributed by atoms with van der Waals surface area (Å²) < 4.78 is 20.7. The summed E-state index contributed by atoms with van der Waals surface area (Å²) >= 11 is 0. The molecule has 0 atom stereocenters. The van der Waals surface area contributed by atoms with Crippen molar-refractivity contribution >= 4 is 29.9 Å². The fraction of sp³-hybridized carbons (Fsp3) is 0.526. The first-order valence-corrected chi connectivity index (χ1v) is 9.21. The van der Waals surface area contributed by atoms with Gasteiger partial charge in [0.2, 0.25) is 0 Å². The van der Waals surface area contributed by atoms with Crippen LogP contribution >= 0.6 is 24.0 Å². The fourth-order valence-electron chi connectivity index (χ4n) is 2.44. The Hall–Kier alpha value is -1.75. The number of rotatable bonds is 9. The molecular formula is C19H30FIN6O. The lowest BCUT2D eigenvalue weighted by molar-refractivity contribution is 0.145. The first-order valence-electron chi connectivity index (χ1n) is 9.21. The number of halogens is 2. The monoisotopic (exact) mass is 504 g/mol. The second-order valence-corrected chi connectivity index (χ2v) is 6.30. The SMILES string of the molecule is CCOCCCNC(=NCc1ccc(F)c(C)c1)NCc1nnc(C)n1C.I. The molecule has 2 aromatic rings. The number of hydrogen-bond donors (Lipinski definition) is 2.